The van der Waals surface area contributed by atoms with Gasteiger partial charge in [0.1, 0.15) is 5.82 Å². The van der Waals surface area contributed by atoms with Crippen molar-refractivity contribution in [2.45, 2.75) is 0 Å². The van der Waals surface area contributed by atoms with Crippen LogP contribution in [-0.2, 0) is 9.53 Å². The molecule has 7 heteroatoms. The molecule has 0 aliphatic rings. The van der Waals surface area contributed by atoms with Crippen LogP contribution in [0.15, 0.2) is 60.7 Å². The van der Waals surface area contributed by atoms with E-state index < -0.39 is 18.5 Å². The average Bonchev–Trinajstić information content (AvgIpc) is 3.06. The molecule has 0 spiro atoms. The molecule has 1 amide bonds. The predicted molar refractivity (Wildman–Crippen MR) is 102 cm³/mol. The number of carbonyl (C=O) groups is 2. The Bertz CT molecular complexity index is 1170. The zero-order valence-corrected chi connectivity index (χ0v) is 14.8. The molecule has 27 heavy (non-hydrogen) atoms. The van der Waals surface area contributed by atoms with Crippen LogP contribution in [0.5, 0.6) is 0 Å². The molecule has 0 bridgehead atoms. The number of hydrogen-bond donors (Lipinski definition) is 1. The molecule has 3 aromatic carbocycles. The summed E-state index contributed by atoms with van der Waals surface area (Å²) in [6.07, 6.45) is 0. The van der Waals surface area contributed by atoms with Crippen molar-refractivity contribution in [3.63, 3.8) is 0 Å². The highest BCUT2D eigenvalue weighted by molar-refractivity contribution is 7.22. The topological polar surface area (TPSA) is 68.3 Å². The van der Waals surface area contributed by atoms with Gasteiger partial charge in [-0.05, 0) is 41.1 Å². The highest BCUT2D eigenvalue weighted by Gasteiger charge is 2.13. The number of aromatic nitrogens is 1. The van der Waals surface area contributed by atoms with Crippen molar-refractivity contribution >= 4 is 49.3 Å². The van der Waals surface area contributed by atoms with Crippen molar-refractivity contribution < 1.29 is 18.7 Å². The summed E-state index contributed by atoms with van der Waals surface area (Å²) in [5.74, 6) is -1.46. The van der Waals surface area contributed by atoms with Crippen LogP contribution in [0.4, 0.5) is 9.52 Å². The fraction of sp³-hybridized carbons (Fsp3) is 0.0500. The molecule has 1 N–H and O–H groups in total. The SMILES string of the molecule is O=C(COC(=O)c1ccc2ccccc2c1)Nc1nc2ccc(F)cc2s1. The molecule has 5 nitrogen and oxygen atoms in total. The van der Waals surface area contributed by atoms with Crippen LogP contribution >= 0.6 is 11.3 Å². The molecule has 0 atom stereocenters. The summed E-state index contributed by atoms with van der Waals surface area (Å²) in [4.78, 5) is 28.4. The van der Waals surface area contributed by atoms with Gasteiger partial charge in [0, 0.05) is 0 Å². The van der Waals surface area contributed by atoms with E-state index in [1.165, 1.54) is 18.2 Å². The summed E-state index contributed by atoms with van der Waals surface area (Å²) in [7, 11) is 0. The summed E-state index contributed by atoms with van der Waals surface area (Å²) < 4.78 is 18.9. The van der Waals surface area contributed by atoms with E-state index in [0.29, 0.717) is 20.9 Å². The molecule has 4 aromatic rings. The van der Waals surface area contributed by atoms with Gasteiger partial charge in [-0.1, -0.05) is 41.7 Å². The monoisotopic (exact) mass is 380 g/mol. The first-order valence-electron chi connectivity index (χ1n) is 8.10. The molecule has 0 fully saturated rings. The lowest BCUT2D eigenvalue weighted by atomic mass is 10.1. The molecule has 0 aliphatic carbocycles. The lowest BCUT2D eigenvalue weighted by molar-refractivity contribution is -0.119. The van der Waals surface area contributed by atoms with Gasteiger partial charge in [0.05, 0.1) is 15.8 Å². The Balaban J connectivity index is 1.39. The zero-order valence-electron chi connectivity index (χ0n) is 13.9. The summed E-state index contributed by atoms with van der Waals surface area (Å²) in [5, 5.41) is 4.81. The van der Waals surface area contributed by atoms with Gasteiger partial charge in [-0.3, -0.25) is 10.1 Å². The fourth-order valence-electron chi connectivity index (χ4n) is 2.64. The molecule has 1 aromatic heterocycles. The number of nitrogens with one attached hydrogen (secondary N) is 1. The minimum absolute atomic E-state index is 0.322. The van der Waals surface area contributed by atoms with E-state index in [4.69, 9.17) is 4.74 Å². The Morgan fingerprint density at radius 2 is 1.85 bits per heavy atom. The van der Waals surface area contributed by atoms with Gasteiger partial charge in [0.25, 0.3) is 5.91 Å². The van der Waals surface area contributed by atoms with E-state index in [0.717, 1.165) is 22.1 Å². The van der Waals surface area contributed by atoms with E-state index >= 15 is 0 Å². The van der Waals surface area contributed by atoms with Crippen LogP contribution in [0.2, 0.25) is 0 Å². The summed E-state index contributed by atoms with van der Waals surface area (Å²) >= 11 is 1.15. The Hall–Kier alpha value is -3.32. The fourth-order valence-corrected chi connectivity index (χ4v) is 3.54. The zero-order chi connectivity index (χ0) is 18.8. The number of esters is 1. The van der Waals surface area contributed by atoms with Crippen molar-refractivity contribution in [1.82, 2.24) is 4.98 Å². The molecule has 0 radical (unpaired) electrons. The predicted octanol–water partition coefficient (Wildman–Crippen LogP) is 4.38. The second-order valence-corrected chi connectivity index (χ2v) is 6.85. The van der Waals surface area contributed by atoms with E-state index in [-0.39, 0.29) is 5.82 Å². The second kappa shape index (κ2) is 7.13. The molecular formula is C20H13FN2O3S. The number of nitrogens with zero attached hydrogens (tertiary/aromatic N) is 1. The maximum absolute atomic E-state index is 13.2. The van der Waals surface area contributed by atoms with Gasteiger partial charge >= 0.3 is 5.97 Å². The maximum atomic E-state index is 13.2. The first-order chi connectivity index (χ1) is 13.1. The molecule has 0 saturated heterocycles. The lowest BCUT2D eigenvalue weighted by Crippen LogP contribution is -2.20. The summed E-state index contributed by atoms with van der Waals surface area (Å²) in [6.45, 7) is -0.435. The molecule has 134 valence electrons. The number of benzene rings is 3. The number of fused-ring (bicyclic) bond motifs is 2. The van der Waals surface area contributed by atoms with Gasteiger partial charge < -0.3 is 4.74 Å². The Labute approximate surface area is 157 Å². The van der Waals surface area contributed by atoms with Gasteiger partial charge in [-0.2, -0.15) is 0 Å². The third kappa shape index (κ3) is 3.78. The van der Waals surface area contributed by atoms with Crippen molar-refractivity contribution in [2.75, 3.05) is 11.9 Å². The van der Waals surface area contributed by atoms with Crippen LogP contribution in [0.1, 0.15) is 10.4 Å². The van der Waals surface area contributed by atoms with Gasteiger partial charge in [-0.25, -0.2) is 14.2 Å². The van der Waals surface area contributed by atoms with Crippen LogP contribution in [-0.4, -0.2) is 23.5 Å². The van der Waals surface area contributed by atoms with Crippen LogP contribution < -0.4 is 5.32 Å². The second-order valence-electron chi connectivity index (χ2n) is 5.82. The van der Waals surface area contributed by atoms with E-state index in [1.54, 1.807) is 12.1 Å². The largest absolute Gasteiger partial charge is 0.452 e. The highest BCUT2D eigenvalue weighted by Crippen LogP contribution is 2.26. The van der Waals surface area contributed by atoms with Crippen molar-refractivity contribution in [2.24, 2.45) is 0 Å². The number of ether oxygens (including phenoxy) is 1. The van der Waals surface area contributed by atoms with Crippen LogP contribution in [0, 0.1) is 5.82 Å². The van der Waals surface area contributed by atoms with Crippen LogP contribution in [0.25, 0.3) is 21.0 Å². The van der Waals surface area contributed by atoms with E-state index in [1.807, 2.05) is 30.3 Å². The first kappa shape index (κ1) is 17.1. The lowest BCUT2D eigenvalue weighted by Gasteiger charge is -2.05. The normalized spacial score (nSPS) is 10.9. The highest BCUT2D eigenvalue weighted by atomic mass is 32.1. The molecule has 0 saturated carbocycles. The first-order valence-corrected chi connectivity index (χ1v) is 8.92. The summed E-state index contributed by atoms with van der Waals surface area (Å²) in [5.41, 5.74) is 0.960. The molecule has 0 unspecified atom stereocenters. The van der Waals surface area contributed by atoms with Crippen molar-refractivity contribution in [1.29, 1.82) is 0 Å². The molecular weight excluding hydrogens is 367 g/mol. The number of halogens is 1. The van der Waals surface area contributed by atoms with E-state index in [9.17, 15) is 14.0 Å². The maximum Gasteiger partial charge on any atom is 0.338 e. The Morgan fingerprint density at radius 1 is 1.04 bits per heavy atom. The molecule has 1 heterocycles. The average molecular weight is 380 g/mol. The van der Waals surface area contributed by atoms with Gasteiger partial charge in [0.2, 0.25) is 0 Å². The smallest absolute Gasteiger partial charge is 0.338 e. The third-order valence-electron chi connectivity index (χ3n) is 3.92. The number of amides is 1. The van der Waals surface area contributed by atoms with Crippen molar-refractivity contribution in [3.8, 4) is 0 Å². The molecule has 0 aliphatic heterocycles. The minimum atomic E-state index is -0.581. The quantitative estimate of drug-likeness (QED) is 0.534. The summed E-state index contributed by atoms with van der Waals surface area (Å²) in [6, 6.07) is 17.0. The third-order valence-corrected chi connectivity index (χ3v) is 4.85. The number of rotatable bonds is 4. The molecule has 4 rings (SSSR count). The number of thiazole rings is 1. The van der Waals surface area contributed by atoms with Gasteiger partial charge in [0.15, 0.2) is 11.7 Å². The number of anilines is 1. The Kier molecular flexibility index (Phi) is 4.52. The standard InChI is InChI=1S/C20H13FN2O3S/c21-15-7-8-16-17(10-15)27-20(22-16)23-18(24)11-26-19(25)14-6-5-12-3-1-2-4-13(12)9-14/h1-10H,11H2,(H,22,23,24). The number of carbonyl (C=O) groups excluding carboxylic acids is 2. The van der Waals surface area contributed by atoms with Crippen LogP contribution in [0.3, 0.4) is 0 Å². The van der Waals surface area contributed by atoms with Gasteiger partial charge in [-0.15, -0.1) is 0 Å². The minimum Gasteiger partial charge on any atom is -0.452 e. The number of hydrogen-bond acceptors (Lipinski definition) is 5. The Morgan fingerprint density at radius 3 is 2.70 bits per heavy atom. The van der Waals surface area contributed by atoms with E-state index in [2.05, 4.69) is 10.3 Å². The van der Waals surface area contributed by atoms with Crippen molar-refractivity contribution in [3.05, 3.63) is 72.0 Å².